The Labute approximate surface area is 328 Å². The van der Waals surface area contributed by atoms with Gasteiger partial charge in [0.15, 0.2) is 5.41 Å². The molecular weight excluding hydrogens is 765 g/mol. The molecule has 0 fully saturated rings. The van der Waals surface area contributed by atoms with Gasteiger partial charge in [-0.3, -0.25) is 9.59 Å². The lowest BCUT2D eigenvalue weighted by atomic mass is 9.71. The molecule has 2 aromatic carbocycles. The molecule has 280 valence electrons. The van der Waals surface area contributed by atoms with Gasteiger partial charge in [0.1, 0.15) is 11.2 Å². The number of thioether (sulfide) groups is 1. The quantitative estimate of drug-likeness (QED) is 0.0798. The number of benzene rings is 2. The summed E-state index contributed by atoms with van der Waals surface area (Å²) >= 11 is 22.8. The molecule has 0 saturated carbocycles. The average Bonchev–Trinajstić information content (AvgIpc) is 3.66. The maximum atomic E-state index is 13.6. The Kier molecular flexibility index (Phi) is 16.1. The first-order chi connectivity index (χ1) is 25.1. The van der Waals surface area contributed by atoms with Crippen LogP contribution in [0.3, 0.4) is 0 Å². The van der Waals surface area contributed by atoms with Crippen LogP contribution in [0.25, 0.3) is 16.3 Å². The number of allylic oxidation sites excluding steroid dienone is 6. The van der Waals surface area contributed by atoms with E-state index in [-0.39, 0.29) is 45.8 Å². The number of anilines is 1. The zero-order valence-corrected chi connectivity index (χ0v) is 33.6. The number of esters is 2. The van der Waals surface area contributed by atoms with Gasteiger partial charge in [0.05, 0.1) is 30.5 Å². The standard InChI is InChI=1S/C34H33Cl3N2O5S2.C4H11NO/c1-4-38-25-17-23(35)9-11-27(25)45-29(38)13-7-21-19-34(32(41)43-5-2,33(42)44-6-3)20-22(31(21)37)8-14-30-39(15-16-40)26-18-24(36)10-12-28(26)46-30;1-2-5-3-4-6/h7-14,17-18H,4-6,15-16,19-20H2,1-3H3;5-6H,2-4H2,1H3. The van der Waals surface area contributed by atoms with Gasteiger partial charge in [-0.25, -0.2) is 0 Å². The van der Waals surface area contributed by atoms with Crippen molar-refractivity contribution in [3.05, 3.63) is 90.9 Å². The number of aromatic nitrogens is 1. The van der Waals surface area contributed by atoms with E-state index in [4.69, 9.17) is 49.4 Å². The van der Waals surface area contributed by atoms with Gasteiger partial charge >= 0.3 is 11.9 Å². The molecule has 0 spiro atoms. The summed E-state index contributed by atoms with van der Waals surface area (Å²) in [6.45, 7) is 10.2. The molecule has 3 aromatic rings. The summed E-state index contributed by atoms with van der Waals surface area (Å²) in [7, 11) is 0. The normalized spacial score (nSPS) is 16.8. The van der Waals surface area contributed by atoms with Crippen LogP contribution in [0, 0.1) is 5.41 Å². The number of carbonyl (C=O) groups is 2. The van der Waals surface area contributed by atoms with Crippen molar-refractivity contribution in [3.8, 4) is 0 Å². The van der Waals surface area contributed by atoms with Gasteiger partial charge < -0.3 is 29.9 Å². The molecule has 0 unspecified atom stereocenters. The van der Waals surface area contributed by atoms with Crippen LogP contribution in [0.1, 0.15) is 45.5 Å². The van der Waals surface area contributed by atoms with Crippen LogP contribution in [0.2, 0.25) is 10.0 Å². The van der Waals surface area contributed by atoms with Crippen LogP contribution in [0.15, 0.2) is 80.7 Å². The second-order valence-electron chi connectivity index (χ2n) is 11.7. The van der Waals surface area contributed by atoms with Crippen LogP contribution in [0.4, 0.5) is 5.69 Å². The number of aliphatic hydroxyl groups is 1. The molecule has 5 rings (SSSR count). The van der Waals surface area contributed by atoms with Gasteiger partial charge in [-0.2, -0.15) is 4.57 Å². The lowest BCUT2D eigenvalue weighted by molar-refractivity contribution is -0.685. The summed E-state index contributed by atoms with van der Waals surface area (Å²) in [5.74, 6) is -1.32. The van der Waals surface area contributed by atoms with Crippen LogP contribution < -0.4 is 19.9 Å². The number of fused-ring (bicyclic) bond motifs is 2. The molecule has 2 aliphatic rings. The van der Waals surface area contributed by atoms with Gasteiger partial charge in [0, 0.05) is 58.0 Å². The van der Waals surface area contributed by atoms with Crippen molar-refractivity contribution in [1.29, 1.82) is 0 Å². The summed E-state index contributed by atoms with van der Waals surface area (Å²) in [5, 5.41) is 26.2. The van der Waals surface area contributed by atoms with Crippen molar-refractivity contribution in [2.45, 2.75) is 52.0 Å². The number of nitrogens with zero attached hydrogens (tertiary/aromatic N) is 2. The van der Waals surface area contributed by atoms with Gasteiger partial charge in [-0.15, -0.1) is 0 Å². The minimum absolute atomic E-state index is 0.00797. The fourth-order valence-corrected chi connectivity index (χ4v) is 8.67. The second kappa shape index (κ2) is 20.0. The first kappa shape index (κ1) is 41.9. The maximum absolute atomic E-state index is 13.6. The highest BCUT2D eigenvalue weighted by Crippen LogP contribution is 2.49. The molecule has 1 aliphatic carbocycles. The molecule has 0 amide bonds. The largest absolute Gasteiger partial charge is 0.850 e. The molecule has 2 heterocycles. The van der Waals surface area contributed by atoms with Crippen LogP contribution in [-0.2, 0) is 25.6 Å². The number of rotatable bonds is 13. The molecule has 0 atom stereocenters. The Morgan fingerprint density at radius 3 is 2.31 bits per heavy atom. The van der Waals surface area contributed by atoms with Crippen molar-refractivity contribution < 1.29 is 33.8 Å². The highest BCUT2D eigenvalue weighted by Gasteiger charge is 2.52. The number of hydrogen-bond acceptors (Lipinski definition) is 10. The fourth-order valence-electron chi connectivity index (χ4n) is 5.89. The van der Waals surface area contributed by atoms with Crippen molar-refractivity contribution in [2.24, 2.45) is 5.41 Å². The molecule has 2 N–H and O–H groups in total. The molecule has 52 heavy (non-hydrogen) atoms. The highest BCUT2D eigenvalue weighted by atomic mass is 35.5. The summed E-state index contributed by atoms with van der Waals surface area (Å²) < 4.78 is 13.8. The van der Waals surface area contributed by atoms with E-state index in [0.29, 0.717) is 32.8 Å². The predicted molar refractivity (Wildman–Crippen MR) is 211 cm³/mol. The van der Waals surface area contributed by atoms with Gasteiger partial charge in [-0.05, 0) is 80.9 Å². The first-order valence-electron chi connectivity index (χ1n) is 17.2. The van der Waals surface area contributed by atoms with E-state index >= 15 is 0 Å². The number of ether oxygens (including phenoxy) is 2. The number of halogens is 3. The number of likely N-dealkylation sites (N-methyl/N-ethyl adjacent to an activating group) is 1. The fraction of sp³-hybridized carbons (Fsp3) is 0.395. The minimum Gasteiger partial charge on any atom is -0.850 e. The lowest BCUT2D eigenvalue weighted by Gasteiger charge is -2.34. The monoisotopic (exact) mass is 807 g/mol. The zero-order valence-electron chi connectivity index (χ0n) is 29.7. The molecule has 0 bridgehead atoms. The van der Waals surface area contributed by atoms with Crippen molar-refractivity contribution in [3.63, 3.8) is 0 Å². The van der Waals surface area contributed by atoms with E-state index in [1.807, 2.05) is 72.2 Å². The minimum atomic E-state index is -1.63. The topological polar surface area (TPSA) is 115 Å². The number of hydrogen-bond donors (Lipinski definition) is 2. The van der Waals surface area contributed by atoms with E-state index in [1.165, 1.54) is 11.3 Å². The number of nitrogens with one attached hydrogen (secondary N) is 1. The van der Waals surface area contributed by atoms with Crippen molar-refractivity contribution in [1.82, 2.24) is 5.32 Å². The Morgan fingerprint density at radius 1 is 1.00 bits per heavy atom. The molecule has 0 radical (unpaired) electrons. The van der Waals surface area contributed by atoms with Crippen molar-refractivity contribution >= 4 is 91.8 Å². The molecular formula is C38H44Cl3N3O6S2. The molecule has 1 aromatic heterocycles. The third-order valence-electron chi connectivity index (χ3n) is 8.29. The van der Waals surface area contributed by atoms with Gasteiger partial charge in [0.25, 0.3) is 5.01 Å². The maximum Gasteiger partial charge on any atom is 0.324 e. The number of aliphatic hydroxyl groups excluding tert-OH is 1. The summed E-state index contributed by atoms with van der Waals surface area (Å²) in [6, 6.07) is 11.3. The van der Waals surface area contributed by atoms with Gasteiger partial charge in [-0.1, -0.05) is 77.5 Å². The predicted octanol–water partition coefficient (Wildman–Crippen LogP) is 7.26. The average molecular weight is 809 g/mol. The Bertz CT molecular complexity index is 1850. The van der Waals surface area contributed by atoms with Gasteiger partial charge in [0.2, 0.25) is 5.52 Å². The first-order valence-corrected chi connectivity index (χ1v) is 19.9. The zero-order chi connectivity index (χ0) is 37.8. The van der Waals surface area contributed by atoms with E-state index in [0.717, 1.165) is 43.9 Å². The lowest BCUT2D eigenvalue weighted by Crippen LogP contribution is -2.44. The third-order valence-corrected chi connectivity index (χ3v) is 11.5. The number of carbonyl (C=O) groups excluding carboxylic acids is 2. The molecule has 1 aliphatic heterocycles. The van der Waals surface area contributed by atoms with E-state index in [9.17, 15) is 14.7 Å². The smallest absolute Gasteiger partial charge is 0.324 e. The number of thiazole rings is 1. The summed E-state index contributed by atoms with van der Waals surface area (Å²) in [5.41, 5.74) is 1.42. The Hall–Kier alpha value is -2.87. The molecule has 14 heteroatoms. The van der Waals surface area contributed by atoms with E-state index in [2.05, 4.69) is 17.1 Å². The summed E-state index contributed by atoms with van der Waals surface area (Å²) in [6.07, 6.45) is 7.49. The molecule has 0 saturated heterocycles. The van der Waals surface area contributed by atoms with E-state index < -0.39 is 17.4 Å². The Balaban J connectivity index is 0.000000929. The SMILES string of the molecule is CCNCCO.CCOC(=O)C1(C(=O)OCC)CC(/C=C/c2sc3ccc(Cl)cc3[n+]2CC[O-])=C(Cl)C(=C/C=C2/Sc3ccc(Cl)cc3N2CC)/C1. The van der Waals surface area contributed by atoms with E-state index in [1.54, 1.807) is 25.6 Å². The second-order valence-corrected chi connectivity index (χ2v) is 15.1. The van der Waals surface area contributed by atoms with Crippen LogP contribution in [0.5, 0.6) is 0 Å². The Morgan fingerprint density at radius 2 is 1.69 bits per heavy atom. The molecule has 9 nitrogen and oxygen atoms in total. The summed E-state index contributed by atoms with van der Waals surface area (Å²) in [4.78, 5) is 30.4. The van der Waals surface area contributed by atoms with Crippen LogP contribution >= 0.6 is 57.9 Å². The van der Waals surface area contributed by atoms with Crippen LogP contribution in [-0.4, -0.2) is 63.1 Å². The third kappa shape index (κ3) is 9.81. The van der Waals surface area contributed by atoms with Crippen molar-refractivity contribution in [2.75, 3.05) is 51.0 Å². The highest BCUT2D eigenvalue weighted by molar-refractivity contribution is 8.03.